The number of carbonyl (C=O) groups is 1. The zero-order valence-corrected chi connectivity index (χ0v) is 17.3. The van der Waals surface area contributed by atoms with Crippen LogP contribution in [0.15, 0.2) is 24.3 Å². The Labute approximate surface area is 171 Å². The molecule has 9 heteroatoms. The minimum atomic E-state index is -0.182. The Morgan fingerprint density at radius 1 is 1.29 bits per heavy atom. The molecular formula is C19H28ClN5O3. The number of rotatable bonds is 7. The molecule has 1 fully saturated rings. The highest BCUT2D eigenvalue weighted by atomic mass is 35.5. The van der Waals surface area contributed by atoms with Gasteiger partial charge in [0.05, 0.1) is 18.0 Å². The molecule has 0 radical (unpaired) electrons. The predicted octanol–water partition coefficient (Wildman–Crippen LogP) is 1.89. The number of ether oxygens (including phenoxy) is 2. The molecule has 2 N–H and O–H groups in total. The highest BCUT2D eigenvalue weighted by Gasteiger charge is 2.25. The van der Waals surface area contributed by atoms with Crippen molar-refractivity contribution in [2.24, 2.45) is 0 Å². The number of carbonyl (C=O) groups excluding carboxylic acids is 1. The quantitative estimate of drug-likeness (QED) is 0.679. The highest BCUT2D eigenvalue weighted by molar-refractivity contribution is 5.93. The van der Waals surface area contributed by atoms with Gasteiger partial charge in [0, 0.05) is 19.2 Å². The average Bonchev–Trinajstić information content (AvgIpc) is 3.06. The molecule has 1 aromatic heterocycles. The van der Waals surface area contributed by atoms with Gasteiger partial charge in [-0.05, 0) is 57.5 Å². The Bertz CT molecular complexity index is 765. The van der Waals surface area contributed by atoms with E-state index in [0.717, 1.165) is 30.8 Å². The van der Waals surface area contributed by atoms with Crippen molar-refractivity contribution in [1.82, 2.24) is 25.6 Å². The maximum absolute atomic E-state index is 12.6. The van der Waals surface area contributed by atoms with Gasteiger partial charge in [-0.2, -0.15) is 9.90 Å². The zero-order chi connectivity index (χ0) is 19.2. The smallest absolute Gasteiger partial charge is 0.274 e. The second-order valence-electron chi connectivity index (χ2n) is 6.72. The van der Waals surface area contributed by atoms with Gasteiger partial charge in [0.2, 0.25) is 0 Å². The van der Waals surface area contributed by atoms with Crippen LogP contribution in [0.4, 0.5) is 0 Å². The van der Waals surface area contributed by atoms with Crippen LogP contribution in [0.1, 0.15) is 35.9 Å². The highest BCUT2D eigenvalue weighted by Crippen LogP contribution is 2.16. The van der Waals surface area contributed by atoms with Gasteiger partial charge in [0.25, 0.3) is 5.91 Å². The first-order valence-corrected chi connectivity index (χ1v) is 9.29. The molecule has 0 aliphatic carbocycles. The first-order chi connectivity index (χ1) is 13.1. The summed E-state index contributed by atoms with van der Waals surface area (Å²) >= 11 is 0. The zero-order valence-electron chi connectivity index (χ0n) is 16.5. The van der Waals surface area contributed by atoms with Gasteiger partial charge in [-0.1, -0.05) is 0 Å². The number of aryl methyl sites for hydroxylation is 1. The van der Waals surface area contributed by atoms with E-state index < -0.39 is 0 Å². The first kappa shape index (κ1) is 22.1. The minimum absolute atomic E-state index is 0. The van der Waals surface area contributed by atoms with Crippen LogP contribution in [0, 0.1) is 6.92 Å². The van der Waals surface area contributed by atoms with Gasteiger partial charge in [0.1, 0.15) is 12.4 Å². The molecule has 8 nitrogen and oxygen atoms in total. The molecule has 154 valence electrons. The van der Waals surface area contributed by atoms with Gasteiger partial charge in [0.15, 0.2) is 5.69 Å². The monoisotopic (exact) mass is 409 g/mol. The number of nitrogens with zero attached hydrogens (tertiary/aromatic N) is 3. The molecule has 2 aromatic rings. The van der Waals surface area contributed by atoms with Crippen molar-refractivity contribution >= 4 is 18.3 Å². The van der Waals surface area contributed by atoms with E-state index >= 15 is 0 Å². The lowest BCUT2D eigenvalue weighted by Crippen LogP contribution is -2.52. The second-order valence-corrected chi connectivity index (χ2v) is 6.72. The summed E-state index contributed by atoms with van der Waals surface area (Å²) in [5.41, 5.74) is 1.72. The van der Waals surface area contributed by atoms with Gasteiger partial charge in [-0.15, -0.1) is 17.5 Å². The van der Waals surface area contributed by atoms with Crippen molar-refractivity contribution in [2.45, 2.75) is 38.8 Å². The van der Waals surface area contributed by atoms with Crippen molar-refractivity contribution in [2.75, 3.05) is 26.9 Å². The molecule has 0 bridgehead atoms. The van der Waals surface area contributed by atoms with Gasteiger partial charge < -0.3 is 20.1 Å². The molecule has 0 spiro atoms. The number of hydrogen-bond acceptors (Lipinski definition) is 6. The molecule has 2 unspecified atom stereocenters. The summed E-state index contributed by atoms with van der Waals surface area (Å²) in [6.45, 7) is 5.91. The number of amides is 1. The van der Waals surface area contributed by atoms with E-state index in [0.29, 0.717) is 24.6 Å². The molecule has 1 aromatic carbocycles. The molecule has 1 aliphatic rings. The van der Waals surface area contributed by atoms with E-state index in [9.17, 15) is 4.79 Å². The van der Waals surface area contributed by atoms with Crippen LogP contribution in [0.3, 0.4) is 0 Å². The van der Waals surface area contributed by atoms with Crippen LogP contribution in [0.2, 0.25) is 0 Å². The SMILES string of the molecule is COCCOc1ccc(-n2nc(C)c(C(=O)NC3CCCNC3C)n2)cc1.Cl. The number of benzene rings is 1. The summed E-state index contributed by atoms with van der Waals surface area (Å²) in [5.74, 6) is 0.565. The molecule has 0 saturated carbocycles. The summed E-state index contributed by atoms with van der Waals surface area (Å²) < 4.78 is 10.5. The number of hydrogen-bond donors (Lipinski definition) is 2. The van der Waals surface area contributed by atoms with E-state index in [1.165, 1.54) is 4.80 Å². The number of nitrogens with one attached hydrogen (secondary N) is 2. The number of methoxy groups -OCH3 is 1. The van der Waals surface area contributed by atoms with Gasteiger partial charge >= 0.3 is 0 Å². The summed E-state index contributed by atoms with van der Waals surface area (Å²) in [4.78, 5) is 14.1. The topological polar surface area (TPSA) is 90.3 Å². The molecular weight excluding hydrogens is 382 g/mol. The Kier molecular flexibility index (Phi) is 8.22. The summed E-state index contributed by atoms with van der Waals surface area (Å²) in [7, 11) is 1.64. The van der Waals surface area contributed by atoms with Crippen molar-refractivity contribution < 1.29 is 14.3 Å². The lowest BCUT2D eigenvalue weighted by Gasteiger charge is -2.30. The predicted molar refractivity (Wildman–Crippen MR) is 109 cm³/mol. The molecule has 28 heavy (non-hydrogen) atoms. The number of piperidine rings is 1. The lowest BCUT2D eigenvalue weighted by atomic mass is 10.00. The van der Waals surface area contributed by atoms with Gasteiger partial charge in [-0.3, -0.25) is 4.79 Å². The third-order valence-electron chi connectivity index (χ3n) is 4.70. The van der Waals surface area contributed by atoms with E-state index in [-0.39, 0.29) is 30.4 Å². The normalized spacial score (nSPS) is 19.0. The standard InChI is InChI=1S/C19H27N5O3.ClH/c1-13-17(5-4-10-20-13)21-19(25)18-14(2)22-24(23-18)15-6-8-16(9-7-15)27-12-11-26-3;/h6-9,13,17,20H,4-5,10-12H2,1-3H3,(H,21,25);1H. The lowest BCUT2D eigenvalue weighted by molar-refractivity contribution is 0.0913. The maximum Gasteiger partial charge on any atom is 0.274 e. The Balaban J connectivity index is 0.00000280. The van der Waals surface area contributed by atoms with Crippen LogP contribution in [0.5, 0.6) is 5.75 Å². The third kappa shape index (κ3) is 5.43. The van der Waals surface area contributed by atoms with Crippen molar-refractivity contribution in [3.63, 3.8) is 0 Å². The summed E-state index contributed by atoms with van der Waals surface area (Å²) in [6.07, 6.45) is 2.03. The van der Waals surface area contributed by atoms with Crippen LogP contribution in [-0.4, -0.2) is 59.9 Å². The van der Waals surface area contributed by atoms with Crippen molar-refractivity contribution in [1.29, 1.82) is 0 Å². The van der Waals surface area contributed by atoms with Crippen LogP contribution in [0.25, 0.3) is 5.69 Å². The Morgan fingerprint density at radius 2 is 2.04 bits per heavy atom. The fraction of sp³-hybridized carbons (Fsp3) is 0.526. The molecule has 1 saturated heterocycles. The fourth-order valence-electron chi connectivity index (χ4n) is 3.10. The molecule has 3 rings (SSSR count). The largest absolute Gasteiger partial charge is 0.491 e. The Hall–Kier alpha value is -2.16. The molecule has 1 aliphatic heterocycles. The second kappa shape index (κ2) is 10.4. The number of halogens is 1. The van der Waals surface area contributed by atoms with Crippen LogP contribution < -0.4 is 15.4 Å². The van der Waals surface area contributed by atoms with E-state index in [4.69, 9.17) is 9.47 Å². The van der Waals surface area contributed by atoms with E-state index in [1.54, 1.807) is 14.0 Å². The molecule has 2 atom stereocenters. The van der Waals surface area contributed by atoms with E-state index in [2.05, 4.69) is 27.8 Å². The van der Waals surface area contributed by atoms with Crippen LogP contribution in [-0.2, 0) is 4.74 Å². The first-order valence-electron chi connectivity index (χ1n) is 9.29. The summed E-state index contributed by atoms with van der Waals surface area (Å²) in [6, 6.07) is 7.77. The molecule has 2 heterocycles. The number of aromatic nitrogens is 3. The van der Waals surface area contributed by atoms with Crippen LogP contribution >= 0.6 is 12.4 Å². The third-order valence-corrected chi connectivity index (χ3v) is 4.70. The minimum Gasteiger partial charge on any atom is -0.491 e. The van der Waals surface area contributed by atoms with Crippen molar-refractivity contribution in [3.05, 3.63) is 35.7 Å². The summed E-state index contributed by atoms with van der Waals surface area (Å²) in [5, 5.41) is 15.2. The fourth-order valence-corrected chi connectivity index (χ4v) is 3.10. The molecule has 1 amide bonds. The van der Waals surface area contributed by atoms with Gasteiger partial charge in [-0.25, -0.2) is 0 Å². The average molecular weight is 410 g/mol. The maximum atomic E-state index is 12.6. The Morgan fingerprint density at radius 3 is 2.71 bits per heavy atom. The van der Waals surface area contributed by atoms with E-state index in [1.807, 2.05) is 24.3 Å². The van der Waals surface area contributed by atoms with Crippen molar-refractivity contribution in [3.8, 4) is 11.4 Å².